The molecule has 1 aliphatic heterocycles. The van der Waals surface area contributed by atoms with Gasteiger partial charge in [-0.2, -0.15) is 0 Å². The van der Waals surface area contributed by atoms with Crippen molar-refractivity contribution < 1.29 is 4.74 Å². The summed E-state index contributed by atoms with van der Waals surface area (Å²) in [6, 6.07) is 4.07. The van der Waals surface area contributed by atoms with Gasteiger partial charge in [-0.1, -0.05) is 6.92 Å². The number of aromatic nitrogens is 1. The largest absolute Gasteiger partial charge is 0.375 e. The third kappa shape index (κ3) is 2.69. The Labute approximate surface area is 98.6 Å². The Bertz CT molecular complexity index is 315. The lowest BCUT2D eigenvalue weighted by molar-refractivity contribution is 0.0381. The highest BCUT2D eigenvalue weighted by Gasteiger charge is 2.19. The molecule has 0 spiro atoms. The van der Waals surface area contributed by atoms with Crippen molar-refractivity contribution >= 4 is 21.7 Å². The van der Waals surface area contributed by atoms with E-state index in [1.165, 1.54) is 0 Å². The van der Waals surface area contributed by atoms with E-state index in [9.17, 15) is 0 Å². The summed E-state index contributed by atoms with van der Waals surface area (Å²) in [5.41, 5.74) is 0. The number of nitrogens with zero attached hydrogens (tertiary/aromatic N) is 2. The third-order valence-corrected chi connectivity index (χ3v) is 3.10. The zero-order valence-corrected chi connectivity index (χ0v) is 10.4. The maximum Gasteiger partial charge on any atom is 0.128 e. The molecule has 0 radical (unpaired) electrons. The highest BCUT2D eigenvalue weighted by molar-refractivity contribution is 9.10. The van der Waals surface area contributed by atoms with Crippen LogP contribution in [-0.4, -0.2) is 30.8 Å². The molecule has 1 atom stereocenters. The van der Waals surface area contributed by atoms with Gasteiger partial charge in [-0.25, -0.2) is 4.98 Å². The Morgan fingerprint density at radius 1 is 1.60 bits per heavy atom. The molecule has 1 aliphatic rings. The molecule has 4 heteroatoms. The Balaban J connectivity index is 2.06. The minimum absolute atomic E-state index is 0.351. The summed E-state index contributed by atoms with van der Waals surface area (Å²) in [5, 5.41) is 0. The van der Waals surface area contributed by atoms with Gasteiger partial charge in [0.1, 0.15) is 5.82 Å². The van der Waals surface area contributed by atoms with Gasteiger partial charge in [0, 0.05) is 23.8 Å². The monoisotopic (exact) mass is 270 g/mol. The number of pyridine rings is 1. The summed E-state index contributed by atoms with van der Waals surface area (Å²) in [6.45, 7) is 4.84. The standard InChI is InChI=1S/C11H15BrN2O/c1-2-10-8-14(5-6-15-10)11-4-3-9(12)7-13-11/h3-4,7,10H,2,5-6,8H2,1H3. The molecule has 0 amide bonds. The van der Waals surface area contributed by atoms with E-state index in [-0.39, 0.29) is 0 Å². The van der Waals surface area contributed by atoms with Gasteiger partial charge in [0.2, 0.25) is 0 Å². The molecular formula is C11H15BrN2O. The molecule has 1 saturated heterocycles. The van der Waals surface area contributed by atoms with Crippen molar-refractivity contribution in [1.29, 1.82) is 0 Å². The molecule has 0 aliphatic carbocycles. The number of rotatable bonds is 2. The topological polar surface area (TPSA) is 25.4 Å². The number of morpholine rings is 1. The molecule has 1 unspecified atom stereocenters. The van der Waals surface area contributed by atoms with Crippen LogP contribution in [0, 0.1) is 0 Å². The first kappa shape index (κ1) is 10.9. The first-order valence-corrected chi connectivity index (χ1v) is 6.07. The number of anilines is 1. The van der Waals surface area contributed by atoms with Gasteiger partial charge in [0.05, 0.1) is 12.7 Å². The fraction of sp³-hybridized carbons (Fsp3) is 0.545. The molecule has 0 N–H and O–H groups in total. The average Bonchev–Trinajstić information content (AvgIpc) is 2.30. The van der Waals surface area contributed by atoms with E-state index in [0.717, 1.165) is 36.4 Å². The van der Waals surface area contributed by atoms with Crippen LogP contribution in [0.2, 0.25) is 0 Å². The Kier molecular flexibility index (Phi) is 3.59. The van der Waals surface area contributed by atoms with Gasteiger partial charge in [0.15, 0.2) is 0 Å². The smallest absolute Gasteiger partial charge is 0.128 e. The maximum absolute atomic E-state index is 5.62. The van der Waals surface area contributed by atoms with E-state index in [1.807, 2.05) is 18.3 Å². The van der Waals surface area contributed by atoms with E-state index in [0.29, 0.717) is 6.10 Å². The zero-order chi connectivity index (χ0) is 10.7. The lowest BCUT2D eigenvalue weighted by Crippen LogP contribution is -2.42. The van der Waals surface area contributed by atoms with Gasteiger partial charge < -0.3 is 9.64 Å². The van der Waals surface area contributed by atoms with Crippen LogP contribution in [0.3, 0.4) is 0 Å². The normalized spacial score (nSPS) is 21.7. The number of hydrogen-bond donors (Lipinski definition) is 0. The number of ether oxygens (including phenoxy) is 1. The van der Waals surface area contributed by atoms with E-state index in [1.54, 1.807) is 0 Å². The summed E-state index contributed by atoms with van der Waals surface area (Å²) in [4.78, 5) is 6.68. The van der Waals surface area contributed by atoms with Crippen LogP contribution >= 0.6 is 15.9 Å². The van der Waals surface area contributed by atoms with Gasteiger partial charge >= 0.3 is 0 Å². The van der Waals surface area contributed by atoms with Crippen LogP contribution in [0.5, 0.6) is 0 Å². The highest BCUT2D eigenvalue weighted by atomic mass is 79.9. The second kappa shape index (κ2) is 4.94. The molecule has 1 aromatic rings. The first-order chi connectivity index (χ1) is 7.29. The predicted octanol–water partition coefficient (Wildman–Crippen LogP) is 2.46. The Morgan fingerprint density at radius 3 is 3.13 bits per heavy atom. The summed E-state index contributed by atoms with van der Waals surface area (Å²) < 4.78 is 6.64. The van der Waals surface area contributed by atoms with Crippen molar-refractivity contribution in [2.24, 2.45) is 0 Å². The molecule has 3 nitrogen and oxygen atoms in total. The minimum Gasteiger partial charge on any atom is -0.375 e. The summed E-state index contributed by atoms with van der Waals surface area (Å²) in [7, 11) is 0. The fourth-order valence-corrected chi connectivity index (χ4v) is 1.96. The molecule has 15 heavy (non-hydrogen) atoms. The first-order valence-electron chi connectivity index (χ1n) is 5.27. The van der Waals surface area contributed by atoms with E-state index in [4.69, 9.17) is 4.74 Å². The lowest BCUT2D eigenvalue weighted by Gasteiger charge is -2.33. The molecule has 1 aromatic heterocycles. The second-order valence-corrected chi connectivity index (χ2v) is 4.60. The average molecular weight is 271 g/mol. The Hall–Kier alpha value is -0.610. The van der Waals surface area contributed by atoms with Crippen LogP contribution < -0.4 is 4.90 Å². The zero-order valence-electron chi connectivity index (χ0n) is 8.82. The summed E-state index contributed by atoms with van der Waals surface area (Å²) >= 11 is 3.39. The number of halogens is 1. The number of hydrogen-bond acceptors (Lipinski definition) is 3. The molecule has 1 fully saturated rings. The van der Waals surface area contributed by atoms with E-state index < -0.39 is 0 Å². The molecule has 0 saturated carbocycles. The molecule has 82 valence electrons. The van der Waals surface area contributed by atoms with Crippen molar-refractivity contribution in [3.05, 3.63) is 22.8 Å². The van der Waals surface area contributed by atoms with Crippen LogP contribution in [0.1, 0.15) is 13.3 Å². The van der Waals surface area contributed by atoms with Crippen molar-refractivity contribution in [2.45, 2.75) is 19.4 Å². The second-order valence-electron chi connectivity index (χ2n) is 3.68. The SMILES string of the molecule is CCC1CN(c2ccc(Br)cn2)CCO1. The van der Waals surface area contributed by atoms with Gasteiger partial charge in [-0.3, -0.25) is 0 Å². The summed E-state index contributed by atoms with van der Waals surface area (Å²) in [6.07, 6.45) is 3.25. The predicted molar refractivity (Wildman–Crippen MR) is 64.2 cm³/mol. The maximum atomic E-state index is 5.62. The van der Waals surface area contributed by atoms with Crippen LogP contribution in [0.25, 0.3) is 0 Å². The van der Waals surface area contributed by atoms with Gasteiger partial charge in [0.25, 0.3) is 0 Å². The van der Waals surface area contributed by atoms with Crippen molar-refractivity contribution in [1.82, 2.24) is 4.98 Å². The van der Waals surface area contributed by atoms with Crippen LogP contribution in [0.4, 0.5) is 5.82 Å². The molecule has 0 aromatic carbocycles. The Morgan fingerprint density at radius 2 is 2.47 bits per heavy atom. The molecule has 2 rings (SSSR count). The van der Waals surface area contributed by atoms with Gasteiger partial charge in [-0.05, 0) is 34.5 Å². The molecular weight excluding hydrogens is 256 g/mol. The van der Waals surface area contributed by atoms with Crippen LogP contribution in [-0.2, 0) is 4.74 Å². The molecule has 0 bridgehead atoms. The minimum atomic E-state index is 0.351. The van der Waals surface area contributed by atoms with Crippen molar-refractivity contribution in [2.75, 3.05) is 24.6 Å². The van der Waals surface area contributed by atoms with Gasteiger partial charge in [-0.15, -0.1) is 0 Å². The molecule has 2 heterocycles. The summed E-state index contributed by atoms with van der Waals surface area (Å²) in [5.74, 6) is 1.04. The third-order valence-electron chi connectivity index (χ3n) is 2.63. The van der Waals surface area contributed by atoms with Crippen LogP contribution in [0.15, 0.2) is 22.8 Å². The van der Waals surface area contributed by atoms with Crippen molar-refractivity contribution in [3.63, 3.8) is 0 Å². The lowest BCUT2D eigenvalue weighted by atomic mass is 10.2. The van der Waals surface area contributed by atoms with E-state index in [2.05, 4.69) is 32.7 Å². The quantitative estimate of drug-likeness (QED) is 0.826. The highest BCUT2D eigenvalue weighted by Crippen LogP contribution is 2.18. The van der Waals surface area contributed by atoms with E-state index >= 15 is 0 Å². The fourth-order valence-electron chi connectivity index (χ4n) is 1.73. The van der Waals surface area contributed by atoms with Crippen molar-refractivity contribution in [3.8, 4) is 0 Å².